The molecule has 1 fully saturated rings. The lowest BCUT2D eigenvalue weighted by Crippen LogP contribution is -2.34. The second kappa shape index (κ2) is 6.48. The highest BCUT2D eigenvalue weighted by atomic mass is 35.5. The summed E-state index contributed by atoms with van der Waals surface area (Å²) in [5, 5.41) is 4.02. The fourth-order valence-corrected chi connectivity index (χ4v) is 2.65. The standard InChI is InChI=1S/C15H17ClN4O2/c1-21-13-7-19-15(20-14(13)17)10-4-9(5-11(16)6-10)12-8-22-3-2-18-12/h4-7,12,18H,2-3,8H2,1H3,(H2,17,19,20). The summed E-state index contributed by atoms with van der Waals surface area (Å²) in [5.74, 6) is 1.26. The minimum atomic E-state index is 0.113. The number of halogens is 1. The zero-order valence-corrected chi connectivity index (χ0v) is 12.9. The molecule has 22 heavy (non-hydrogen) atoms. The molecule has 1 aliphatic rings. The first kappa shape index (κ1) is 15.0. The van der Waals surface area contributed by atoms with Crippen LogP contribution in [0.2, 0.25) is 5.02 Å². The Morgan fingerprint density at radius 3 is 2.95 bits per heavy atom. The van der Waals surface area contributed by atoms with Gasteiger partial charge in [-0.1, -0.05) is 11.6 Å². The van der Waals surface area contributed by atoms with E-state index < -0.39 is 0 Å². The van der Waals surface area contributed by atoms with Crippen LogP contribution in [0.5, 0.6) is 5.75 Å². The lowest BCUT2D eigenvalue weighted by Gasteiger charge is -2.24. The van der Waals surface area contributed by atoms with E-state index in [4.69, 9.17) is 26.8 Å². The lowest BCUT2D eigenvalue weighted by atomic mass is 10.0. The first-order valence-electron chi connectivity index (χ1n) is 6.96. The number of nitrogens with two attached hydrogens (primary N) is 1. The normalized spacial score (nSPS) is 18.2. The van der Waals surface area contributed by atoms with Gasteiger partial charge in [0, 0.05) is 17.1 Å². The molecule has 0 saturated carbocycles. The number of morpholine rings is 1. The Kier molecular flexibility index (Phi) is 4.42. The van der Waals surface area contributed by atoms with Crippen molar-refractivity contribution in [1.29, 1.82) is 0 Å². The van der Waals surface area contributed by atoms with Gasteiger partial charge >= 0.3 is 0 Å². The molecule has 0 spiro atoms. The fraction of sp³-hybridized carbons (Fsp3) is 0.333. The number of nitrogens with zero attached hydrogens (tertiary/aromatic N) is 2. The third-order valence-electron chi connectivity index (χ3n) is 3.51. The smallest absolute Gasteiger partial charge is 0.179 e. The van der Waals surface area contributed by atoms with Gasteiger partial charge in [-0.25, -0.2) is 9.97 Å². The molecule has 1 aliphatic heterocycles. The third kappa shape index (κ3) is 3.14. The Bertz CT molecular complexity index is 675. The maximum Gasteiger partial charge on any atom is 0.179 e. The maximum atomic E-state index is 6.24. The molecule has 6 nitrogen and oxygen atoms in total. The highest BCUT2D eigenvalue weighted by Crippen LogP contribution is 2.28. The molecule has 3 N–H and O–H groups in total. The third-order valence-corrected chi connectivity index (χ3v) is 3.72. The zero-order valence-electron chi connectivity index (χ0n) is 12.2. The molecule has 0 aliphatic carbocycles. The number of methoxy groups -OCH3 is 1. The van der Waals surface area contributed by atoms with Crippen molar-refractivity contribution >= 4 is 17.4 Å². The topological polar surface area (TPSA) is 82.3 Å². The lowest BCUT2D eigenvalue weighted by molar-refractivity contribution is 0.0769. The van der Waals surface area contributed by atoms with Crippen molar-refractivity contribution in [2.45, 2.75) is 6.04 Å². The molecule has 0 radical (unpaired) electrons. The average molecular weight is 321 g/mol. The van der Waals surface area contributed by atoms with Crippen LogP contribution in [-0.4, -0.2) is 36.8 Å². The summed E-state index contributed by atoms with van der Waals surface area (Å²) in [6.45, 7) is 2.16. The molecule has 3 rings (SSSR count). The van der Waals surface area contributed by atoms with Crippen molar-refractivity contribution in [3.63, 3.8) is 0 Å². The van der Waals surface area contributed by atoms with Crippen LogP contribution in [0.3, 0.4) is 0 Å². The van der Waals surface area contributed by atoms with E-state index in [1.165, 1.54) is 7.11 Å². The summed E-state index contributed by atoms with van der Waals surface area (Å²) in [5.41, 5.74) is 7.70. The van der Waals surface area contributed by atoms with Crippen LogP contribution in [0.25, 0.3) is 11.4 Å². The van der Waals surface area contributed by atoms with Gasteiger partial charge < -0.3 is 20.5 Å². The van der Waals surface area contributed by atoms with E-state index in [9.17, 15) is 0 Å². The summed E-state index contributed by atoms with van der Waals surface area (Å²) in [6.07, 6.45) is 1.56. The molecule has 0 amide bonds. The Morgan fingerprint density at radius 2 is 2.27 bits per heavy atom. The number of nitrogens with one attached hydrogen (secondary N) is 1. The number of ether oxygens (including phenoxy) is 2. The van der Waals surface area contributed by atoms with Crippen LogP contribution < -0.4 is 15.8 Å². The van der Waals surface area contributed by atoms with Crippen molar-refractivity contribution in [3.05, 3.63) is 35.0 Å². The molecule has 1 aromatic heterocycles. The highest BCUT2D eigenvalue weighted by Gasteiger charge is 2.17. The van der Waals surface area contributed by atoms with Crippen molar-refractivity contribution in [2.75, 3.05) is 32.6 Å². The van der Waals surface area contributed by atoms with Gasteiger partial charge in [-0.05, 0) is 23.8 Å². The minimum absolute atomic E-state index is 0.113. The molecule has 1 aromatic carbocycles. The van der Waals surface area contributed by atoms with E-state index in [2.05, 4.69) is 15.3 Å². The van der Waals surface area contributed by atoms with E-state index in [0.717, 1.165) is 24.3 Å². The van der Waals surface area contributed by atoms with Gasteiger partial charge in [-0.15, -0.1) is 0 Å². The molecular formula is C15H17ClN4O2. The molecular weight excluding hydrogens is 304 g/mol. The van der Waals surface area contributed by atoms with Crippen LogP contribution in [0, 0.1) is 0 Å². The number of anilines is 1. The van der Waals surface area contributed by atoms with Crippen LogP contribution in [0.4, 0.5) is 5.82 Å². The van der Waals surface area contributed by atoms with Gasteiger partial charge in [0.25, 0.3) is 0 Å². The fourth-order valence-electron chi connectivity index (χ4n) is 2.40. The van der Waals surface area contributed by atoms with Crippen LogP contribution >= 0.6 is 11.6 Å². The maximum absolute atomic E-state index is 6.24. The first-order valence-corrected chi connectivity index (χ1v) is 7.33. The minimum Gasteiger partial charge on any atom is -0.491 e. The Morgan fingerprint density at radius 1 is 1.41 bits per heavy atom. The number of aromatic nitrogens is 2. The molecule has 1 unspecified atom stereocenters. The van der Waals surface area contributed by atoms with E-state index in [1.54, 1.807) is 6.20 Å². The van der Waals surface area contributed by atoms with Gasteiger partial charge in [-0.2, -0.15) is 0 Å². The number of benzene rings is 1. The summed E-state index contributed by atoms with van der Waals surface area (Å²) >= 11 is 6.24. The zero-order chi connectivity index (χ0) is 15.5. The number of rotatable bonds is 3. The van der Waals surface area contributed by atoms with Crippen molar-refractivity contribution in [3.8, 4) is 17.1 Å². The Labute approximate surface area is 133 Å². The van der Waals surface area contributed by atoms with Gasteiger partial charge in [0.05, 0.1) is 32.6 Å². The van der Waals surface area contributed by atoms with Crippen molar-refractivity contribution in [1.82, 2.24) is 15.3 Å². The van der Waals surface area contributed by atoms with Gasteiger partial charge in [0.1, 0.15) is 0 Å². The predicted octanol–water partition coefficient (Wildman–Crippen LogP) is 2.05. The van der Waals surface area contributed by atoms with Gasteiger partial charge in [0.2, 0.25) is 0 Å². The quantitative estimate of drug-likeness (QED) is 0.900. The van der Waals surface area contributed by atoms with E-state index in [0.29, 0.717) is 29.0 Å². The van der Waals surface area contributed by atoms with Gasteiger partial charge in [0.15, 0.2) is 17.4 Å². The van der Waals surface area contributed by atoms with Crippen LogP contribution in [0.15, 0.2) is 24.4 Å². The second-order valence-corrected chi connectivity index (χ2v) is 5.44. The summed E-state index contributed by atoms with van der Waals surface area (Å²) in [4.78, 5) is 8.55. The predicted molar refractivity (Wildman–Crippen MR) is 85.0 cm³/mol. The largest absolute Gasteiger partial charge is 0.491 e. The molecule has 1 saturated heterocycles. The Hall–Kier alpha value is -1.89. The van der Waals surface area contributed by atoms with Crippen molar-refractivity contribution < 1.29 is 9.47 Å². The highest BCUT2D eigenvalue weighted by molar-refractivity contribution is 6.30. The molecule has 0 bridgehead atoms. The molecule has 2 heterocycles. The second-order valence-electron chi connectivity index (χ2n) is 5.00. The van der Waals surface area contributed by atoms with E-state index >= 15 is 0 Å². The van der Waals surface area contributed by atoms with Crippen molar-refractivity contribution in [2.24, 2.45) is 0 Å². The summed E-state index contributed by atoms with van der Waals surface area (Å²) < 4.78 is 10.6. The summed E-state index contributed by atoms with van der Waals surface area (Å²) in [6, 6.07) is 5.85. The van der Waals surface area contributed by atoms with Crippen LogP contribution in [-0.2, 0) is 4.74 Å². The first-order chi connectivity index (χ1) is 10.7. The monoisotopic (exact) mass is 320 g/mol. The number of hydrogen-bond acceptors (Lipinski definition) is 6. The average Bonchev–Trinajstić information content (AvgIpc) is 2.55. The number of nitrogen functional groups attached to an aromatic ring is 1. The SMILES string of the molecule is COc1cnc(-c2cc(Cl)cc(C3COCCN3)c2)nc1N. The Balaban J connectivity index is 1.96. The molecule has 2 aromatic rings. The van der Waals surface area contributed by atoms with Crippen LogP contribution in [0.1, 0.15) is 11.6 Å². The molecule has 116 valence electrons. The van der Waals surface area contributed by atoms with E-state index in [1.807, 2.05) is 18.2 Å². The van der Waals surface area contributed by atoms with E-state index in [-0.39, 0.29) is 6.04 Å². The molecule has 1 atom stereocenters. The molecule has 7 heteroatoms. The number of hydrogen-bond donors (Lipinski definition) is 2. The summed E-state index contributed by atoms with van der Waals surface area (Å²) in [7, 11) is 1.53. The van der Waals surface area contributed by atoms with Gasteiger partial charge in [-0.3, -0.25) is 0 Å².